The van der Waals surface area contributed by atoms with E-state index in [1.807, 2.05) is 0 Å². The number of nitrogens with one attached hydrogen (secondary N) is 1. The van der Waals surface area contributed by atoms with Crippen molar-refractivity contribution in [2.24, 2.45) is 0 Å². The highest BCUT2D eigenvalue weighted by atomic mass is 35.5. The Balaban J connectivity index is 1.52. The Morgan fingerprint density at radius 3 is 2.68 bits per heavy atom. The van der Waals surface area contributed by atoms with Gasteiger partial charge in [0.1, 0.15) is 23.3 Å². The highest BCUT2D eigenvalue weighted by molar-refractivity contribution is 6.35. The number of likely N-dealkylation sites (tertiary alicyclic amines) is 1. The minimum atomic E-state index is -0.609. The number of piperidine rings is 1. The number of esters is 1. The van der Waals surface area contributed by atoms with Crippen molar-refractivity contribution in [3.8, 4) is 11.4 Å². The highest BCUT2D eigenvalue weighted by Gasteiger charge is 2.30. The lowest BCUT2D eigenvalue weighted by Crippen LogP contribution is -2.45. The molecule has 1 unspecified atom stereocenters. The summed E-state index contributed by atoms with van der Waals surface area (Å²) in [5, 5.41) is 0.427. The summed E-state index contributed by atoms with van der Waals surface area (Å²) in [6.45, 7) is 6.18. The van der Waals surface area contributed by atoms with Gasteiger partial charge in [-0.05, 0) is 57.9 Å². The largest absolute Gasteiger partial charge is 0.457 e. The predicted molar refractivity (Wildman–Crippen MR) is 128 cm³/mol. The SMILES string of the molecule is CC(C)(C)OC(=O)N1CCCC(OC(=O)c2cc(Cl)c3[nH]c(-c4c(F)cccc4Cl)nc3c2)C1. The average Bonchev–Trinajstić information content (AvgIpc) is 3.17. The number of imidazole rings is 1. The first-order valence-electron chi connectivity index (χ1n) is 10.8. The van der Waals surface area contributed by atoms with Gasteiger partial charge in [-0.15, -0.1) is 0 Å². The van der Waals surface area contributed by atoms with Gasteiger partial charge in [-0.25, -0.2) is 19.0 Å². The van der Waals surface area contributed by atoms with E-state index < -0.39 is 29.6 Å². The molecule has 1 fully saturated rings. The van der Waals surface area contributed by atoms with E-state index >= 15 is 0 Å². The molecule has 1 saturated heterocycles. The fourth-order valence-corrected chi connectivity index (χ4v) is 4.29. The molecule has 34 heavy (non-hydrogen) atoms. The summed E-state index contributed by atoms with van der Waals surface area (Å²) in [4.78, 5) is 34.1. The monoisotopic (exact) mass is 507 g/mol. The molecule has 1 aromatic heterocycles. The van der Waals surface area contributed by atoms with Crippen molar-refractivity contribution in [2.75, 3.05) is 13.1 Å². The van der Waals surface area contributed by atoms with Crippen molar-refractivity contribution in [1.29, 1.82) is 0 Å². The summed E-state index contributed by atoms with van der Waals surface area (Å²) in [7, 11) is 0. The maximum atomic E-state index is 14.3. The molecule has 0 aliphatic carbocycles. The summed E-state index contributed by atoms with van der Waals surface area (Å²) >= 11 is 12.5. The normalized spacial score (nSPS) is 16.5. The summed E-state index contributed by atoms with van der Waals surface area (Å²) in [6.07, 6.45) is 0.395. The summed E-state index contributed by atoms with van der Waals surface area (Å²) in [6, 6.07) is 7.32. The lowest BCUT2D eigenvalue weighted by molar-refractivity contribution is -0.0115. The number of carbonyl (C=O) groups excluding carboxylic acids is 2. The second-order valence-corrected chi connectivity index (χ2v) is 9.94. The van der Waals surface area contributed by atoms with E-state index in [4.69, 9.17) is 32.7 Å². The molecule has 4 rings (SSSR count). The zero-order chi connectivity index (χ0) is 24.6. The molecule has 1 amide bonds. The molecule has 1 N–H and O–H groups in total. The molecule has 180 valence electrons. The van der Waals surface area contributed by atoms with Crippen LogP contribution in [0.25, 0.3) is 22.4 Å². The first-order chi connectivity index (χ1) is 16.0. The topological polar surface area (TPSA) is 84.5 Å². The van der Waals surface area contributed by atoms with Gasteiger partial charge in [0.25, 0.3) is 0 Å². The summed E-state index contributed by atoms with van der Waals surface area (Å²) in [5.74, 6) is -0.923. The van der Waals surface area contributed by atoms with Crippen LogP contribution in [-0.2, 0) is 9.47 Å². The molecule has 2 aromatic carbocycles. The van der Waals surface area contributed by atoms with E-state index in [1.54, 1.807) is 31.7 Å². The van der Waals surface area contributed by atoms with Gasteiger partial charge in [0.15, 0.2) is 0 Å². The standard InChI is InChI=1S/C24H24Cl2FN3O4/c1-24(2,3)34-23(32)30-9-5-6-14(12-30)33-22(31)13-10-16(26)20-18(11-13)28-21(29-20)19-15(25)7-4-8-17(19)27/h4,7-8,10-11,14H,5-6,9,12H2,1-3H3,(H,28,29). The van der Waals surface area contributed by atoms with E-state index in [9.17, 15) is 14.0 Å². The van der Waals surface area contributed by atoms with Gasteiger partial charge in [0.2, 0.25) is 0 Å². The fraction of sp³-hybridized carbons (Fsp3) is 0.375. The third-order valence-corrected chi connectivity index (χ3v) is 5.90. The predicted octanol–water partition coefficient (Wildman–Crippen LogP) is 6.23. The van der Waals surface area contributed by atoms with Gasteiger partial charge < -0.3 is 19.4 Å². The molecule has 1 atom stereocenters. The van der Waals surface area contributed by atoms with E-state index in [2.05, 4.69) is 9.97 Å². The molecule has 1 aliphatic rings. The van der Waals surface area contributed by atoms with Crippen molar-refractivity contribution in [2.45, 2.75) is 45.3 Å². The molecule has 7 nitrogen and oxygen atoms in total. The maximum absolute atomic E-state index is 14.3. The molecular formula is C24H24Cl2FN3O4. The lowest BCUT2D eigenvalue weighted by atomic mass is 10.1. The Hall–Kier alpha value is -2.84. The van der Waals surface area contributed by atoms with Crippen LogP contribution in [-0.4, -0.2) is 51.7 Å². The first-order valence-corrected chi connectivity index (χ1v) is 11.6. The molecular weight excluding hydrogens is 484 g/mol. The van der Waals surface area contributed by atoms with Gasteiger partial charge >= 0.3 is 12.1 Å². The van der Waals surface area contributed by atoms with Crippen LogP contribution in [0.1, 0.15) is 44.0 Å². The summed E-state index contributed by atoms with van der Waals surface area (Å²) in [5.41, 5.74) is 0.519. The van der Waals surface area contributed by atoms with Crippen molar-refractivity contribution in [3.05, 3.63) is 51.8 Å². The minimum absolute atomic E-state index is 0.116. The molecule has 0 bridgehead atoms. The molecule has 0 saturated carbocycles. The number of fused-ring (bicyclic) bond motifs is 1. The number of nitrogens with zero attached hydrogens (tertiary/aromatic N) is 2. The number of halogens is 3. The zero-order valence-electron chi connectivity index (χ0n) is 19.0. The van der Waals surface area contributed by atoms with Crippen molar-refractivity contribution < 1.29 is 23.5 Å². The van der Waals surface area contributed by atoms with Gasteiger partial charge in [0.05, 0.1) is 38.8 Å². The van der Waals surface area contributed by atoms with Crippen LogP contribution in [0.5, 0.6) is 0 Å². The van der Waals surface area contributed by atoms with Crippen LogP contribution in [0.3, 0.4) is 0 Å². The molecule has 3 aromatic rings. The van der Waals surface area contributed by atoms with Crippen molar-refractivity contribution >= 4 is 46.3 Å². The van der Waals surface area contributed by atoms with Crippen LogP contribution < -0.4 is 0 Å². The van der Waals surface area contributed by atoms with E-state index in [1.165, 1.54) is 24.3 Å². The van der Waals surface area contributed by atoms with Crippen LogP contribution >= 0.6 is 23.2 Å². The number of H-pyrrole nitrogens is 1. The average molecular weight is 508 g/mol. The fourth-order valence-electron chi connectivity index (χ4n) is 3.78. The van der Waals surface area contributed by atoms with Gasteiger partial charge in [-0.3, -0.25) is 0 Å². The van der Waals surface area contributed by atoms with E-state index in [-0.39, 0.29) is 33.5 Å². The molecule has 0 spiro atoms. The smallest absolute Gasteiger partial charge is 0.410 e. The highest BCUT2D eigenvalue weighted by Crippen LogP contribution is 2.32. The van der Waals surface area contributed by atoms with E-state index in [0.717, 1.165) is 0 Å². The number of aromatic nitrogens is 2. The maximum Gasteiger partial charge on any atom is 0.410 e. The van der Waals surface area contributed by atoms with Crippen molar-refractivity contribution in [1.82, 2.24) is 14.9 Å². The third-order valence-electron chi connectivity index (χ3n) is 5.28. The van der Waals surface area contributed by atoms with Crippen LogP contribution in [0.15, 0.2) is 30.3 Å². The quantitative estimate of drug-likeness (QED) is 0.424. The number of ether oxygens (including phenoxy) is 2. The molecule has 10 heteroatoms. The number of aromatic amines is 1. The van der Waals surface area contributed by atoms with Crippen LogP contribution in [0, 0.1) is 5.82 Å². The Morgan fingerprint density at radius 2 is 1.97 bits per heavy atom. The Labute approximate surface area is 206 Å². The zero-order valence-corrected chi connectivity index (χ0v) is 20.5. The minimum Gasteiger partial charge on any atom is -0.457 e. The number of hydrogen-bond acceptors (Lipinski definition) is 5. The molecule has 0 radical (unpaired) electrons. The number of hydrogen-bond donors (Lipinski definition) is 1. The number of carbonyl (C=O) groups is 2. The van der Waals surface area contributed by atoms with Crippen LogP contribution in [0.2, 0.25) is 10.0 Å². The Kier molecular flexibility index (Phi) is 6.73. The van der Waals surface area contributed by atoms with Crippen molar-refractivity contribution in [3.63, 3.8) is 0 Å². The number of rotatable bonds is 3. The molecule has 2 heterocycles. The number of benzene rings is 2. The van der Waals surface area contributed by atoms with E-state index in [0.29, 0.717) is 30.4 Å². The Bertz CT molecular complexity index is 1230. The third kappa shape index (κ3) is 5.28. The van der Waals surface area contributed by atoms with Crippen LogP contribution in [0.4, 0.5) is 9.18 Å². The number of amides is 1. The second-order valence-electron chi connectivity index (χ2n) is 9.13. The van der Waals surface area contributed by atoms with Gasteiger partial charge in [-0.2, -0.15) is 0 Å². The second kappa shape index (κ2) is 9.43. The van der Waals surface area contributed by atoms with Gasteiger partial charge in [0, 0.05) is 6.54 Å². The Morgan fingerprint density at radius 1 is 1.21 bits per heavy atom. The lowest BCUT2D eigenvalue weighted by Gasteiger charge is -2.33. The molecule has 1 aliphatic heterocycles. The summed E-state index contributed by atoms with van der Waals surface area (Å²) < 4.78 is 25.4. The first kappa shape index (κ1) is 24.3. The van der Waals surface area contributed by atoms with Gasteiger partial charge in [-0.1, -0.05) is 29.3 Å².